The van der Waals surface area contributed by atoms with Gasteiger partial charge in [0.25, 0.3) is 0 Å². The number of fused-ring (bicyclic) bond motifs is 2. The molecule has 1 aliphatic rings. The highest BCUT2D eigenvalue weighted by molar-refractivity contribution is 5.82. The molecular weight excluding hydrogens is 350 g/mol. The topological polar surface area (TPSA) is 68.7 Å². The molecule has 148 valence electrons. The molecule has 2 aromatic heterocycles. The first-order chi connectivity index (χ1) is 13.4. The van der Waals surface area contributed by atoms with Crippen LogP contribution in [0.3, 0.4) is 0 Å². The van der Waals surface area contributed by atoms with E-state index < -0.39 is 0 Å². The quantitative estimate of drug-likeness (QED) is 0.738. The highest BCUT2D eigenvalue weighted by Gasteiger charge is 2.28. The van der Waals surface area contributed by atoms with Gasteiger partial charge in [-0.05, 0) is 69.6 Å². The van der Waals surface area contributed by atoms with Gasteiger partial charge in [-0.3, -0.25) is 0 Å². The standard InChI is InChI=1S/C22H29N5O/c1-13-12-15(28-5)6-7-16(13)20-14(2)25-27-19(10-11-26(3)4)17-8-9-18(23)21(17)24-22(20)27/h6-7,12,18H,8-11,23H2,1-5H3. The first kappa shape index (κ1) is 18.9. The number of likely N-dealkylation sites (N-methyl/N-ethyl adjacent to an activating group) is 1. The van der Waals surface area contributed by atoms with E-state index in [4.69, 9.17) is 20.6 Å². The summed E-state index contributed by atoms with van der Waals surface area (Å²) in [6, 6.07) is 6.17. The average Bonchev–Trinajstić information content (AvgIpc) is 3.18. The van der Waals surface area contributed by atoms with Gasteiger partial charge < -0.3 is 15.4 Å². The second-order valence-corrected chi connectivity index (χ2v) is 8.00. The number of hydrogen-bond acceptors (Lipinski definition) is 5. The van der Waals surface area contributed by atoms with Gasteiger partial charge in [-0.2, -0.15) is 5.10 Å². The maximum Gasteiger partial charge on any atom is 0.163 e. The monoisotopic (exact) mass is 379 g/mol. The van der Waals surface area contributed by atoms with E-state index in [1.165, 1.54) is 11.3 Å². The van der Waals surface area contributed by atoms with Crippen molar-refractivity contribution in [1.29, 1.82) is 0 Å². The first-order valence-electron chi connectivity index (χ1n) is 9.87. The van der Waals surface area contributed by atoms with Crippen molar-refractivity contribution in [2.45, 2.75) is 39.2 Å². The molecule has 0 radical (unpaired) electrons. The molecule has 4 rings (SSSR count). The lowest BCUT2D eigenvalue weighted by Crippen LogP contribution is -2.19. The highest BCUT2D eigenvalue weighted by Crippen LogP contribution is 2.36. The molecule has 6 heteroatoms. The van der Waals surface area contributed by atoms with Gasteiger partial charge in [0.2, 0.25) is 0 Å². The van der Waals surface area contributed by atoms with Gasteiger partial charge in [-0.15, -0.1) is 0 Å². The molecular formula is C22H29N5O. The number of ether oxygens (including phenoxy) is 1. The number of nitrogens with zero attached hydrogens (tertiary/aromatic N) is 4. The summed E-state index contributed by atoms with van der Waals surface area (Å²) < 4.78 is 7.44. The van der Waals surface area contributed by atoms with Crippen molar-refractivity contribution in [2.75, 3.05) is 27.7 Å². The lowest BCUT2D eigenvalue weighted by Gasteiger charge is -2.15. The van der Waals surface area contributed by atoms with Crippen LogP contribution in [0.4, 0.5) is 0 Å². The van der Waals surface area contributed by atoms with Crippen LogP contribution in [0.1, 0.15) is 40.7 Å². The van der Waals surface area contributed by atoms with Crippen LogP contribution >= 0.6 is 0 Å². The zero-order valence-corrected chi connectivity index (χ0v) is 17.4. The Balaban J connectivity index is 1.96. The molecule has 1 unspecified atom stereocenters. The Morgan fingerprint density at radius 3 is 2.75 bits per heavy atom. The van der Waals surface area contributed by atoms with Gasteiger partial charge in [0.15, 0.2) is 5.65 Å². The number of methoxy groups -OCH3 is 1. The molecule has 1 aliphatic carbocycles. The predicted molar refractivity (Wildman–Crippen MR) is 112 cm³/mol. The summed E-state index contributed by atoms with van der Waals surface area (Å²) in [5.74, 6) is 0.859. The third kappa shape index (κ3) is 3.06. The summed E-state index contributed by atoms with van der Waals surface area (Å²) in [7, 11) is 5.90. The number of rotatable bonds is 5. The molecule has 2 heterocycles. The van der Waals surface area contributed by atoms with E-state index in [0.717, 1.165) is 65.3 Å². The summed E-state index contributed by atoms with van der Waals surface area (Å²) in [4.78, 5) is 7.24. The molecule has 6 nitrogen and oxygen atoms in total. The van der Waals surface area contributed by atoms with E-state index in [0.29, 0.717) is 0 Å². The SMILES string of the molecule is COc1ccc(-c2c(C)nn3c(CCN(C)C)c4c(nc23)C(N)CC4)c(C)c1. The second-order valence-electron chi connectivity index (χ2n) is 8.00. The summed E-state index contributed by atoms with van der Waals surface area (Å²) in [6.07, 6.45) is 2.88. The molecule has 0 aliphatic heterocycles. The van der Waals surface area contributed by atoms with Crippen molar-refractivity contribution in [3.63, 3.8) is 0 Å². The van der Waals surface area contributed by atoms with E-state index in [1.807, 2.05) is 6.07 Å². The van der Waals surface area contributed by atoms with Gasteiger partial charge in [0, 0.05) is 24.6 Å². The molecule has 28 heavy (non-hydrogen) atoms. The fourth-order valence-corrected chi connectivity index (χ4v) is 4.22. The molecule has 0 bridgehead atoms. The summed E-state index contributed by atoms with van der Waals surface area (Å²) in [5.41, 5.74) is 15.3. The lowest BCUT2D eigenvalue weighted by atomic mass is 10.00. The molecule has 0 spiro atoms. The molecule has 0 saturated carbocycles. The van der Waals surface area contributed by atoms with Gasteiger partial charge >= 0.3 is 0 Å². The molecule has 2 N–H and O–H groups in total. The third-order valence-corrected chi connectivity index (χ3v) is 5.73. The molecule has 1 atom stereocenters. The van der Waals surface area contributed by atoms with Crippen LogP contribution in [-0.2, 0) is 12.8 Å². The highest BCUT2D eigenvalue weighted by atomic mass is 16.5. The van der Waals surface area contributed by atoms with Gasteiger partial charge in [-0.25, -0.2) is 9.50 Å². The molecule has 0 fully saturated rings. The number of benzene rings is 1. The second kappa shape index (κ2) is 7.18. The normalized spacial score (nSPS) is 16.2. The Morgan fingerprint density at radius 2 is 2.07 bits per heavy atom. The van der Waals surface area contributed by atoms with E-state index in [1.54, 1.807) is 7.11 Å². The summed E-state index contributed by atoms with van der Waals surface area (Å²) >= 11 is 0. The number of hydrogen-bond donors (Lipinski definition) is 1. The zero-order chi connectivity index (χ0) is 20.0. The summed E-state index contributed by atoms with van der Waals surface area (Å²) in [6.45, 7) is 5.14. The van der Waals surface area contributed by atoms with Gasteiger partial charge in [-0.1, -0.05) is 6.07 Å². The van der Waals surface area contributed by atoms with E-state index >= 15 is 0 Å². The number of nitrogens with two attached hydrogens (primary N) is 1. The van der Waals surface area contributed by atoms with E-state index in [2.05, 4.69) is 49.5 Å². The van der Waals surface area contributed by atoms with Crippen LogP contribution in [0.2, 0.25) is 0 Å². The number of aryl methyl sites for hydroxylation is 2. The summed E-state index contributed by atoms with van der Waals surface area (Å²) in [5, 5.41) is 4.92. The van der Waals surface area contributed by atoms with E-state index in [9.17, 15) is 0 Å². The molecule has 3 aromatic rings. The Hall–Kier alpha value is -2.44. The Kier molecular flexibility index (Phi) is 4.85. The largest absolute Gasteiger partial charge is 0.497 e. The first-order valence-corrected chi connectivity index (χ1v) is 9.87. The van der Waals surface area contributed by atoms with Crippen molar-refractivity contribution in [3.05, 3.63) is 46.4 Å². The predicted octanol–water partition coefficient (Wildman–Crippen LogP) is 3.07. The fraction of sp³-hybridized carbons (Fsp3) is 0.455. The molecule has 0 amide bonds. The van der Waals surface area contributed by atoms with Crippen LogP contribution < -0.4 is 10.5 Å². The average molecular weight is 380 g/mol. The van der Waals surface area contributed by atoms with Crippen molar-refractivity contribution < 1.29 is 4.74 Å². The van der Waals surface area contributed by atoms with Crippen molar-refractivity contribution in [3.8, 4) is 16.9 Å². The molecule has 0 saturated heterocycles. The fourth-order valence-electron chi connectivity index (χ4n) is 4.22. The minimum Gasteiger partial charge on any atom is -0.497 e. The Bertz CT molecular complexity index is 1040. The third-order valence-electron chi connectivity index (χ3n) is 5.73. The Labute approximate surface area is 166 Å². The zero-order valence-electron chi connectivity index (χ0n) is 17.4. The lowest BCUT2D eigenvalue weighted by molar-refractivity contribution is 0.409. The maximum atomic E-state index is 6.41. The Morgan fingerprint density at radius 1 is 1.29 bits per heavy atom. The number of aromatic nitrogens is 3. The van der Waals surface area contributed by atoms with Crippen LogP contribution in [0, 0.1) is 13.8 Å². The smallest absolute Gasteiger partial charge is 0.163 e. The van der Waals surface area contributed by atoms with Gasteiger partial charge in [0.1, 0.15) is 5.75 Å². The van der Waals surface area contributed by atoms with Crippen molar-refractivity contribution in [1.82, 2.24) is 19.5 Å². The van der Waals surface area contributed by atoms with E-state index in [-0.39, 0.29) is 6.04 Å². The maximum absolute atomic E-state index is 6.41. The molecule has 1 aromatic carbocycles. The minimum absolute atomic E-state index is 0.0122. The van der Waals surface area contributed by atoms with Crippen LogP contribution in [-0.4, -0.2) is 47.2 Å². The van der Waals surface area contributed by atoms with Crippen molar-refractivity contribution >= 4 is 5.65 Å². The minimum atomic E-state index is 0.0122. The van der Waals surface area contributed by atoms with Gasteiger partial charge in [0.05, 0.1) is 24.2 Å². The van der Waals surface area contributed by atoms with Crippen LogP contribution in [0.25, 0.3) is 16.8 Å². The van der Waals surface area contributed by atoms with Crippen LogP contribution in [0.15, 0.2) is 18.2 Å². The van der Waals surface area contributed by atoms with Crippen LogP contribution in [0.5, 0.6) is 5.75 Å². The van der Waals surface area contributed by atoms with Crippen molar-refractivity contribution in [2.24, 2.45) is 5.73 Å².